The highest BCUT2D eigenvalue weighted by Gasteiger charge is 2.16. The molecule has 0 bridgehead atoms. The van der Waals surface area contributed by atoms with Crippen LogP contribution in [-0.2, 0) is 6.42 Å². The molecule has 3 heterocycles. The van der Waals surface area contributed by atoms with E-state index in [1.165, 1.54) is 6.07 Å². The lowest BCUT2D eigenvalue weighted by molar-refractivity contribution is 0.0815. The summed E-state index contributed by atoms with van der Waals surface area (Å²) in [6.07, 6.45) is -2.36. The molecule has 0 aliphatic heterocycles. The minimum atomic E-state index is -2.64. The Balaban J connectivity index is 1.92. The van der Waals surface area contributed by atoms with Crippen molar-refractivity contribution in [2.24, 2.45) is 0 Å². The van der Waals surface area contributed by atoms with Gasteiger partial charge in [0, 0.05) is 23.4 Å². The lowest BCUT2D eigenvalue weighted by atomic mass is 10.0. The van der Waals surface area contributed by atoms with Gasteiger partial charge in [-0.1, -0.05) is 0 Å². The number of ether oxygens (including phenoxy) is 1. The number of fused-ring (bicyclic) bond motifs is 1. The number of nitrogens with two attached hydrogens (primary N) is 1. The third-order valence-corrected chi connectivity index (χ3v) is 3.51. The summed E-state index contributed by atoms with van der Waals surface area (Å²) < 4.78 is 34.0. The van der Waals surface area contributed by atoms with E-state index in [0.717, 1.165) is 0 Å². The van der Waals surface area contributed by atoms with Gasteiger partial charge in [-0.2, -0.15) is 5.26 Å². The van der Waals surface area contributed by atoms with Crippen molar-refractivity contribution in [1.82, 2.24) is 20.3 Å². The molecule has 25 heavy (non-hydrogen) atoms. The van der Waals surface area contributed by atoms with Gasteiger partial charge in [-0.3, -0.25) is 0 Å². The van der Waals surface area contributed by atoms with Gasteiger partial charge in [0.1, 0.15) is 12.7 Å². The highest BCUT2D eigenvalue weighted by atomic mass is 19.3. The molecule has 0 saturated heterocycles. The second-order valence-corrected chi connectivity index (χ2v) is 5.17. The minimum absolute atomic E-state index is 0.00511. The molecule has 128 valence electrons. The van der Waals surface area contributed by atoms with Crippen molar-refractivity contribution in [2.45, 2.75) is 19.8 Å². The molecule has 3 aromatic heterocycles. The molecule has 0 spiro atoms. The van der Waals surface area contributed by atoms with Crippen molar-refractivity contribution in [3.63, 3.8) is 0 Å². The van der Waals surface area contributed by atoms with E-state index in [2.05, 4.69) is 24.9 Å². The van der Waals surface area contributed by atoms with Crippen molar-refractivity contribution in [1.29, 1.82) is 5.26 Å². The number of nitrogen functional groups attached to an aromatic ring is 1. The second kappa shape index (κ2) is 6.64. The Morgan fingerprint density at radius 3 is 2.84 bits per heavy atom. The first-order valence-electron chi connectivity index (χ1n) is 7.17. The van der Waals surface area contributed by atoms with Crippen LogP contribution in [-0.4, -0.2) is 33.3 Å². The first kappa shape index (κ1) is 16.5. The van der Waals surface area contributed by atoms with Crippen LogP contribution < -0.4 is 10.5 Å². The molecular weight excluding hydrogens is 334 g/mol. The summed E-state index contributed by atoms with van der Waals surface area (Å²) in [6.45, 7) is 0.951. The Morgan fingerprint density at radius 2 is 2.12 bits per heavy atom. The summed E-state index contributed by atoms with van der Waals surface area (Å²) >= 11 is 0. The Morgan fingerprint density at radius 1 is 1.32 bits per heavy atom. The van der Waals surface area contributed by atoms with Crippen LogP contribution in [0.5, 0.6) is 5.75 Å². The van der Waals surface area contributed by atoms with Crippen molar-refractivity contribution >= 4 is 16.9 Å². The predicted molar refractivity (Wildman–Crippen MR) is 82.0 cm³/mol. The summed E-state index contributed by atoms with van der Waals surface area (Å²) in [7, 11) is 0. The number of halogens is 2. The predicted octanol–water partition coefficient (Wildman–Crippen LogP) is 2.01. The van der Waals surface area contributed by atoms with E-state index < -0.39 is 13.0 Å². The third kappa shape index (κ3) is 3.30. The van der Waals surface area contributed by atoms with E-state index >= 15 is 0 Å². The van der Waals surface area contributed by atoms with Gasteiger partial charge in [0.2, 0.25) is 5.65 Å². The SMILES string of the molecule is Cc1nc2nonc2c(N)c1Cc1ccc(OCC(F)F)c(C#N)n1. The van der Waals surface area contributed by atoms with Crippen LogP contribution >= 0.6 is 0 Å². The number of hydrogen-bond donors (Lipinski definition) is 1. The van der Waals surface area contributed by atoms with E-state index in [-0.39, 0.29) is 17.9 Å². The van der Waals surface area contributed by atoms with Gasteiger partial charge in [-0.25, -0.2) is 23.4 Å². The molecule has 2 N–H and O–H groups in total. The van der Waals surface area contributed by atoms with Gasteiger partial charge in [0.15, 0.2) is 17.0 Å². The van der Waals surface area contributed by atoms with Gasteiger partial charge in [0.25, 0.3) is 6.43 Å². The Kier molecular flexibility index (Phi) is 4.38. The monoisotopic (exact) mass is 346 g/mol. The largest absolute Gasteiger partial charge is 0.485 e. The molecule has 3 aromatic rings. The van der Waals surface area contributed by atoms with Gasteiger partial charge < -0.3 is 10.5 Å². The molecule has 0 aliphatic rings. The van der Waals surface area contributed by atoms with Gasteiger partial charge in [0.05, 0.1) is 5.69 Å². The third-order valence-electron chi connectivity index (χ3n) is 3.51. The van der Waals surface area contributed by atoms with Crippen LogP contribution in [0.2, 0.25) is 0 Å². The molecule has 0 atom stereocenters. The topological polar surface area (TPSA) is 124 Å². The van der Waals surface area contributed by atoms with Crippen molar-refractivity contribution in [2.75, 3.05) is 12.3 Å². The number of anilines is 1. The first-order chi connectivity index (χ1) is 12.0. The number of alkyl halides is 2. The van der Waals surface area contributed by atoms with Crippen molar-refractivity contribution < 1.29 is 18.1 Å². The van der Waals surface area contributed by atoms with E-state index in [9.17, 15) is 8.78 Å². The minimum Gasteiger partial charge on any atom is -0.485 e. The number of nitriles is 1. The normalized spacial score (nSPS) is 11.0. The maximum atomic E-state index is 12.2. The highest BCUT2D eigenvalue weighted by molar-refractivity contribution is 5.85. The molecule has 8 nitrogen and oxygen atoms in total. The maximum absolute atomic E-state index is 12.2. The molecule has 0 saturated carbocycles. The molecule has 0 amide bonds. The zero-order valence-electron chi connectivity index (χ0n) is 13.0. The number of pyridine rings is 2. The zero-order valence-corrected chi connectivity index (χ0v) is 13.0. The van der Waals surface area contributed by atoms with Gasteiger partial charge in [-0.05, 0) is 29.4 Å². The summed E-state index contributed by atoms with van der Waals surface area (Å²) in [5, 5.41) is 16.5. The fraction of sp³-hybridized carbons (Fsp3) is 0.267. The van der Waals surface area contributed by atoms with Gasteiger partial charge >= 0.3 is 0 Å². The Bertz CT molecular complexity index is 967. The smallest absolute Gasteiger partial charge is 0.272 e. The molecular formula is C15H12F2N6O2. The lowest BCUT2D eigenvalue weighted by Crippen LogP contribution is -2.09. The van der Waals surface area contributed by atoms with E-state index in [0.29, 0.717) is 33.8 Å². The molecule has 3 rings (SSSR count). The molecule has 0 unspecified atom stereocenters. The van der Waals surface area contributed by atoms with E-state index in [1.54, 1.807) is 13.0 Å². The molecule has 0 aliphatic carbocycles. The average Bonchev–Trinajstić information content (AvgIpc) is 3.05. The first-order valence-corrected chi connectivity index (χ1v) is 7.17. The number of aromatic nitrogens is 4. The summed E-state index contributed by atoms with van der Waals surface area (Å²) in [6, 6.07) is 4.84. The maximum Gasteiger partial charge on any atom is 0.272 e. The van der Waals surface area contributed by atoms with Crippen molar-refractivity contribution in [3.8, 4) is 11.8 Å². The molecule has 0 radical (unpaired) electrons. The van der Waals surface area contributed by atoms with E-state index in [1.807, 2.05) is 6.07 Å². The van der Waals surface area contributed by atoms with Crippen molar-refractivity contribution in [3.05, 3.63) is 34.8 Å². The number of nitrogens with zero attached hydrogens (tertiary/aromatic N) is 5. The van der Waals surface area contributed by atoms with Crippen LogP contribution in [0.4, 0.5) is 14.5 Å². The van der Waals surface area contributed by atoms with Crippen LogP contribution in [0.3, 0.4) is 0 Å². The van der Waals surface area contributed by atoms with Crippen LogP contribution in [0.15, 0.2) is 16.8 Å². The number of rotatable bonds is 5. The summed E-state index contributed by atoms with van der Waals surface area (Å²) in [5.74, 6) is 0.00511. The quantitative estimate of drug-likeness (QED) is 0.744. The lowest BCUT2D eigenvalue weighted by Gasteiger charge is -2.10. The van der Waals surface area contributed by atoms with Crippen LogP contribution in [0.25, 0.3) is 11.2 Å². The van der Waals surface area contributed by atoms with Crippen LogP contribution in [0, 0.1) is 18.3 Å². The fourth-order valence-electron chi connectivity index (χ4n) is 2.33. The van der Waals surface area contributed by atoms with Crippen LogP contribution in [0.1, 0.15) is 22.6 Å². The number of hydrogen-bond acceptors (Lipinski definition) is 8. The average molecular weight is 346 g/mol. The Labute approximate surface area is 140 Å². The molecule has 0 fully saturated rings. The number of aryl methyl sites for hydroxylation is 1. The van der Waals surface area contributed by atoms with E-state index in [4.69, 9.17) is 15.7 Å². The summed E-state index contributed by atoms with van der Waals surface area (Å²) in [5.41, 5.74) is 8.83. The second-order valence-electron chi connectivity index (χ2n) is 5.17. The summed E-state index contributed by atoms with van der Waals surface area (Å²) in [4.78, 5) is 8.39. The fourth-order valence-corrected chi connectivity index (χ4v) is 2.33. The standard InChI is InChI=1S/C15H12F2N6O2/c1-7-9(13(19)14-15(20-7)23-25-22-14)4-8-2-3-11(10(5-18)21-8)24-6-12(16)17/h2-3,12H,4,6,19H2,1H3. The highest BCUT2D eigenvalue weighted by Crippen LogP contribution is 2.26. The molecule has 0 aromatic carbocycles. The zero-order chi connectivity index (χ0) is 18.0. The molecule has 10 heteroatoms. The Hall–Kier alpha value is -3.35. The van der Waals surface area contributed by atoms with Gasteiger partial charge in [-0.15, -0.1) is 0 Å².